The average Bonchev–Trinajstić information content (AvgIpc) is 2.32. The third kappa shape index (κ3) is 2.16. The molecule has 4 fully saturated rings. The van der Waals surface area contributed by atoms with Gasteiger partial charge in [0.2, 0.25) is 5.91 Å². The van der Waals surface area contributed by atoms with Crippen molar-refractivity contribution in [2.75, 3.05) is 20.3 Å². The van der Waals surface area contributed by atoms with E-state index < -0.39 is 0 Å². The van der Waals surface area contributed by atoms with Gasteiger partial charge in [0.1, 0.15) is 0 Å². The van der Waals surface area contributed by atoms with Gasteiger partial charge in [-0.3, -0.25) is 9.63 Å². The second kappa shape index (κ2) is 4.82. The van der Waals surface area contributed by atoms with Gasteiger partial charge in [-0.15, -0.1) is 0 Å². The molecule has 0 unspecified atom stereocenters. The quantitative estimate of drug-likeness (QED) is 0.601. The van der Waals surface area contributed by atoms with Gasteiger partial charge < -0.3 is 4.74 Å². The molecular weight excluding hydrogens is 230 g/mol. The molecule has 0 radical (unpaired) electrons. The highest BCUT2D eigenvalue weighted by molar-refractivity contribution is 5.82. The molecule has 0 atom stereocenters. The number of amides is 1. The summed E-state index contributed by atoms with van der Waals surface area (Å²) in [6, 6.07) is 0. The summed E-state index contributed by atoms with van der Waals surface area (Å²) in [7, 11) is 1.63. The standard InChI is InChI=1S/C14H23NO3/c1-17-2-3-18-15-13(16)14-7-10-4-11(8-14)6-12(5-10)9-14/h10-12H,2-9H2,1H3,(H,15,16). The van der Waals surface area contributed by atoms with Crippen LogP contribution in [0.4, 0.5) is 0 Å². The van der Waals surface area contributed by atoms with Gasteiger partial charge in [-0.2, -0.15) is 0 Å². The summed E-state index contributed by atoms with van der Waals surface area (Å²) in [4.78, 5) is 17.6. The summed E-state index contributed by atoms with van der Waals surface area (Å²) in [6.45, 7) is 0.940. The monoisotopic (exact) mass is 253 g/mol. The first-order valence-electron chi connectivity index (χ1n) is 7.13. The van der Waals surface area contributed by atoms with Gasteiger partial charge in [0.05, 0.1) is 18.6 Å². The van der Waals surface area contributed by atoms with E-state index >= 15 is 0 Å². The maximum absolute atomic E-state index is 12.4. The van der Waals surface area contributed by atoms with Crippen LogP contribution >= 0.6 is 0 Å². The second-order valence-electron chi connectivity index (χ2n) is 6.47. The number of rotatable bonds is 5. The van der Waals surface area contributed by atoms with Gasteiger partial charge in [0.25, 0.3) is 0 Å². The molecule has 102 valence electrons. The number of nitrogens with one attached hydrogen (secondary N) is 1. The molecule has 4 nitrogen and oxygen atoms in total. The van der Waals surface area contributed by atoms with Crippen LogP contribution in [0.15, 0.2) is 0 Å². The Bertz CT molecular complexity index is 294. The van der Waals surface area contributed by atoms with Crippen LogP contribution in [0.3, 0.4) is 0 Å². The third-order valence-corrected chi connectivity index (χ3v) is 5.07. The summed E-state index contributed by atoms with van der Waals surface area (Å²) in [5.74, 6) is 2.50. The Kier molecular flexibility index (Phi) is 3.32. The molecule has 0 spiro atoms. The molecule has 0 aromatic heterocycles. The molecule has 4 heteroatoms. The second-order valence-corrected chi connectivity index (χ2v) is 6.47. The van der Waals surface area contributed by atoms with E-state index in [2.05, 4.69) is 5.48 Å². The highest BCUT2D eigenvalue weighted by atomic mass is 16.7. The van der Waals surface area contributed by atoms with Crippen molar-refractivity contribution in [2.24, 2.45) is 23.2 Å². The molecule has 1 N–H and O–H groups in total. The highest BCUT2D eigenvalue weighted by Gasteiger charge is 2.54. The first-order valence-corrected chi connectivity index (χ1v) is 7.13. The topological polar surface area (TPSA) is 47.6 Å². The minimum atomic E-state index is -0.109. The van der Waals surface area contributed by atoms with Gasteiger partial charge in [0.15, 0.2) is 0 Å². The fourth-order valence-corrected chi connectivity index (χ4v) is 4.74. The Morgan fingerprint density at radius 1 is 1.11 bits per heavy atom. The van der Waals surface area contributed by atoms with Gasteiger partial charge in [0, 0.05) is 7.11 Å². The third-order valence-electron chi connectivity index (χ3n) is 5.07. The van der Waals surface area contributed by atoms with Crippen molar-refractivity contribution < 1.29 is 14.4 Å². The zero-order valence-corrected chi connectivity index (χ0v) is 11.1. The molecule has 0 aromatic rings. The van der Waals surface area contributed by atoms with Crippen LogP contribution in [0.2, 0.25) is 0 Å². The summed E-state index contributed by atoms with van der Waals surface area (Å²) in [5.41, 5.74) is 2.55. The molecule has 0 heterocycles. The minimum absolute atomic E-state index is 0.109. The Labute approximate surface area is 108 Å². The number of hydrogen-bond donors (Lipinski definition) is 1. The average molecular weight is 253 g/mol. The number of carbonyl (C=O) groups excluding carboxylic acids is 1. The minimum Gasteiger partial charge on any atom is -0.382 e. The Morgan fingerprint density at radius 2 is 1.67 bits per heavy atom. The zero-order valence-electron chi connectivity index (χ0n) is 11.1. The lowest BCUT2D eigenvalue weighted by Gasteiger charge is -2.55. The van der Waals surface area contributed by atoms with E-state index in [0.717, 1.165) is 37.0 Å². The summed E-state index contributed by atoms with van der Waals surface area (Å²) >= 11 is 0. The summed E-state index contributed by atoms with van der Waals surface area (Å²) in [6.07, 6.45) is 7.32. The molecule has 0 aliphatic heterocycles. The van der Waals surface area contributed by atoms with Crippen molar-refractivity contribution in [1.82, 2.24) is 5.48 Å². The molecule has 0 aromatic carbocycles. The maximum atomic E-state index is 12.4. The Hall–Kier alpha value is -0.610. The van der Waals surface area contributed by atoms with Crippen LogP contribution in [0, 0.1) is 23.2 Å². The zero-order chi connectivity index (χ0) is 12.6. The first kappa shape index (κ1) is 12.4. The fourth-order valence-electron chi connectivity index (χ4n) is 4.74. The lowest BCUT2D eigenvalue weighted by atomic mass is 9.49. The molecule has 4 bridgehead atoms. The molecule has 4 rings (SSSR count). The number of hydrogen-bond acceptors (Lipinski definition) is 3. The van der Waals surface area contributed by atoms with Crippen LogP contribution in [0.25, 0.3) is 0 Å². The fraction of sp³-hybridized carbons (Fsp3) is 0.929. The normalized spacial score (nSPS) is 41.1. The molecule has 4 aliphatic carbocycles. The van der Waals surface area contributed by atoms with Crippen molar-refractivity contribution in [3.05, 3.63) is 0 Å². The largest absolute Gasteiger partial charge is 0.382 e. The summed E-state index contributed by atoms with van der Waals surface area (Å²) < 4.78 is 4.90. The van der Waals surface area contributed by atoms with E-state index in [4.69, 9.17) is 9.57 Å². The Morgan fingerprint density at radius 3 is 2.17 bits per heavy atom. The molecule has 1 amide bonds. The van der Waals surface area contributed by atoms with Crippen LogP contribution in [0.5, 0.6) is 0 Å². The van der Waals surface area contributed by atoms with E-state index in [1.54, 1.807) is 7.11 Å². The van der Waals surface area contributed by atoms with E-state index in [9.17, 15) is 4.79 Å². The van der Waals surface area contributed by atoms with E-state index in [1.165, 1.54) is 19.3 Å². The number of hydroxylamine groups is 1. The van der Waals surface area contributed by atoms with Gasteiger partial charge in [-0.25, -0.2) is 5.48 Å². The van der Waals surface area contributed by atoms with Crippen molar-refractivity contribution in [2.45, 2.75) is 38.5 Å². The lowest BCUT2D eigenvalue weighted by molar-refractivity contribution is -0.160. The maximum Gasteiger partial charge on any atom is 0.249 e. The van der Waals surface area contributed by atoms with Gasteiger partial charge in [-0.1, -0.05) is 0 Å². The summed E-state index contributed by atoms with van der Waals surface area (Å²) in [5, 5.41) is 0. The van der Waals surface area contributed by atoms with E-state index in [0.29, 0.717) is 13.2 Å². The van der Waals surface area contributed by atoms with E-state index in [1.807, 2.05) is 0 Å². The molecule has 4 aliphatic rings. The molecule has 4 saturated carbocycles. The number of ether oxygens (including phenoxy) is 1. The van der Waals surface area contributed by atoms with Gasteiger partial charge in [-0.05, 0) is 56.3 Å². The smallest absolute Gasteiger partial charge is 0.249 e. The predicted molar refractivity (Wildman–Crippen MR) is 66.6 cm³/mol. The Balaban J connectivity index is 1.59. The highest BCUT2D eigenvalue weighted by Crippen LogP contribution is 2.60. The van der Waals surface area contributed by atoms with Crippen LogP contribution in [-0.2, 0) is 14.4 Å². The molecule has 0 saturated heterocycles. The van der Waals surface area contributed by atoms with Crippen LogP contribution in [0.1, 0.15) is 38.5 Å². The lowest BCUT2D eigenvalue weighted by Crippen LogP contribution is -2.53. The van der Waals surface area contributed by atoms with Gasteiger partial charge >= 0.3 is 0 Å². The molecule has 18 heavy (non-hydrogen) atoms. The SMILES string of the molecule is COCCONC(=O)C12CC3CC(CC(C3)C1)C2. The predicted octanol–water partition coefficient (Wildman–Crippen LogP) is 1.90. The van der Waals surface area contributed by atoms with Crippen LogP contribution in [-0.4, -0.2) is 26.2 Å². The van der Waals surface area contributed by atoms with Crippen molar-refractivity contribution >= 4 is 5.91 Å². The van der Waals surface area contributed by atoms with Crippen molar-refractivity contribution in [3.63, 3.8) is 0 Å². The first-order chi connectivity index (χ1) is 8.72. The van der Waals surface area contributed by atoms with Crippen molar-refractivity contribution in [1.29, 1.82) is 0 Å². The number of carbonyl (C=O) groups is 1. The van der Waals surface area contributed by atoms with Crippen LogP contribution < -0.4 is 5.48 Å². The van der Waals surface area contributed by atoms with E-state index in [-0.39, 0.29) is 11.3 Å². The van der Waals surface area contributed by atoms with Crippen molar-refractivity contribution in [3.8, 4) is 0 Å². The number of methoxy groups -OCH3 is 1. The molecular formula is C14H23NO3.